The molecule has 2 amide bonds. The maximum Gasteiger partial charge on any atom is 0.270 e. The number of aryl methyl sites for hydroxylation is 3. The number of pyridine rings is 1. The molecule has 182 valence electrons. The van der Waals surface area contributed by atoms with Crippen LogP contribution in [0, 0.1) is 13.8 Å². The maximum atomic E-state index is 13.0. The summed E-state index contributed by atoms with van der Waals surface area (Å²) in [5.41, 5.74) is 3.16. The Morgan fingerprint density at radius 1 is 1.26 bits per heavy atom. The van der Waals surface area contributed by atoms with Gasteiger partial charge in [0.2, 0.25) is 5.91 Å². The van der Waals surface area contributed by atoms with Crippen LogP contribution in [-0.2, 0) is 11.3 Å². The topological polar surface area (TPSA) is 138 Å². The predicted octanol–water partition coefficient (Wildman–Crippen LogP) is 3.72. The summed E-state index contributed by atoms with van der Waals surface area (Å²) in [6, 6.07) is 2.13. The van der Waals surface area contributed by atoms with Gasteiger partial charge in [0.15, 0.2) is 0 Å². The van der Waals surface area contributed by atoms with Crippen molar-refractivity contribution in [3.05, 3.63) is 41.6 Å². The summed E-state index contributed by atoms with van der Waals surface area (Å²) in [7, 11) is 0. The van der Waals surface area contributed by atoms with Gasteiger partial charge in [-0.1, -0.05) is 0 Å². The molecule has 0 spiro atoms. The van der Waals surface area contributed by atoms with E-state index in [9.17, 15) is 14.7 Å². The molecule has 0 bridgehead atoms. The Labute approximate surface area is 207 Å². The number of hydrogen-bond donors (Lipinski definition) is 4. The molecular formula is C22H27Cl2N7O3. The first-order valence-electron chi connectivity index (χ1n) is 10.8. The third-order valence-corrected chi connectivity index (χ3v) is 5.72. The average molecular weight is 508 g/mol. The van der Waals surface area contributed by atoms with E-state index >= 15 is 0 Å². The number of nitrogens with zero attached hydrogens (tertiary/aromatic N) is 4. The van der Waals surface area contributed by atoms with Crippen molar-refractivity contribution in [2.24, 2.45) is 0 Å². The fourth-order valence-electron chi connectivity index (χ4n) is 3.60. The fraction of sp³-hybridized carbons (Fsp3) is 0.409. The standard InChI is InChI=1S/C22H27Cl2N7O3/c1-4-31-16(8-9-26-31)22(34)28-15(6-5-7-18(23)24)21(33)27-14-10-17(32)20(25-11-14)19-12(2)29-30-13(19)3/h8-11,15,18,32H,4-7H2,1-3H3,(H,27,33)(H,28,34)(H,29,30)/t15-/m0/s1. The fourth-order valence-corrected chi connectivity index (χ4v) is 3.91. The molecule has 3 rings (SSSR count). The van der Waals surface area contributed by atoms with E-state index < -0.39 is 22.7 Å². The van der Waals surface area contributed by atoms with Gasteiger partial charge in [0, 0.05) is 30.1 Å². The zero-order valence-corrected chi connectivity index (χ0v) is 20.6. The van der Waals surface area contributed by atoms with Crippen molar-refractivity contribution in [1.82, 2.24) is 30.3 Å². The molecule has 4 N–H and O–H groups in total. The van der Waals surface area contributed by atoms with Crippen LogP contribution in [0.25, 0.3) is 11.3 Å². The zero-order valence-electron chi connectivity index (χ0n) is 19.1. The minimum absolute atomic E-state index is 0.107. The number of carbonyl (C=O) groups excluding carboxylic acids is 2. The molecule has 12 heteroatoms. The van der Waals surface area contributed by atoms with E-state index in [0.717, 1.165) is 5.69 Å². The van der Waals surface area contributed by atoms with E-state index in [0.29, 0.717) is 48.5 Å². The van der Waals surface area contributed by atoms with Crippen LogP contribution >= 0.6 is 23.2 Å². The first kappa shape index (κ1) is 25.5. The van der Waals surface area contributed by atoms with Crippen LogP contribution in [0.5, 0.6) is 5.75 Å². The van der Waals surface area contributed by atoms with E-state index in [1.165, 1.54) is 18.5 Å². The minimum atomic E-state index is -0.861. The van der Waals surface area contributed by atoms with Gasteiger partial charge in [0.25, 0.3) is 5.91 Å². The van der Waals surface area contributed by atoms with Crippen LogP contribution in [0.15, 0.2) is 24.5 Å². The molecule has 0 saturated carbocycles. The van der Waals surface area contributed by atoms with Crippen LogP contribution in [0.3, 0.4) is 0 Å². The molecule has 0 unspecified atom stereocenters. The summed E-state index contributed by atoms with van der Waals surface area (Å²) in [6.45, 7) is 6.01. The van der Waals surface area contributed by atoms with Crippen molar-refractivity contribution >= 4 is 40.7 Å². The number of hydrogen-bond acceptors (Lipinski definition) is 6. The largest absolute Gasteiger partial charge is 0.506 e. The Morgan fingerprint density at radius 3 is 2.65 bits per heavy atom. The molecule has 0 aliphatic heterocycles. The number of alkyl halides is 2. The van der Waals surface area contributed by atoms with Crippen molar-refractivity contribution in [2.45, 2.75) is 57.5 Å². The number of aromatic amines is 1. The second-order valence-corrected chi connectivity index (χ2v) is 9.05. The van der Waals surface area contributed by atoms with Crippen LogP contribution in [-0.4, -0.2) is 52.8 Å². The van der Waals surface area contributed by atoms with Crippen LogP contribution in [0.1, 0.15) is 48.1 Å². The summed E-state index contributed by atoms with van der Waals surface area (Å²) >= 11 is 11.6. The first-order chi connectivity index (χ1) is 16.2. The normalized spacial score (nSPS) is 12.1. The van der Waals surface area contributed by atoms with Gasteiger partial charge in [0.1, 0.15) is 28.0 Å². The second kappa shape index (κ2) is 11.3. The van der Waals surface area contributed by atoms with E-state index in [4.69, 9.17) is 23.2 Å². The molecule has 0 aromatic carbocycles. The Kier molecular flexibility index (Phi) is 8.51. The highest BCUT2D eigenvalue weighted by molar-refractivity contribution is 6.44. The van der Waals surface area contributed by atoms with Gasteiger partial charge >= 0.3 is 0 Å². The number of nitrogens with one attached hydrogen (secondary N) is 3. The number of amides is 2. The smallest absolute Gasteiger partial charge is 0.270 e. The lowest BCUT2D eigenvalue weighted by Gasteiger charge is -2.19. The number of H-pyrrole nitrogens is 1. The molecule has 3 heterocycles. The molecule has 0 radical (unpaired) electrons. The Bertz CT molecular complexity index is 1140. The summed E-state index contributed by atoms with van der Waals surface area (Å²) in [5, 5.41) is 27.1. The lowest BCUT2D eigenvalue weighted by molar-refractivity contribution is -0.118. The summed E-state index contributed by atoms with van der Waals surface area (Å²) in [6.07, 6.45) is 4.27. The second-order valence-electron chi connectivity index (χ2n) is 7.77. The van der Waals surface area contributed by atoms with Gasteiger partial charge in [-0.2, -0.15) is 10.2 Å². The van der Waals surface area contributed by atoms with Crippen LogP contribution < -0.4 is 10.6 Å². The highest BCUT2D eigenvalue weighted by Crippen LogP contribution is 2.32. The number of carbonyl (C=O) groups is 2. The Balaban J connectivity index is 1.76. The molecule has 34 heavy (non-hydrogen) atoms. The monoisotopic (exact) mass is 507 g/mol. The van der Waals surface area contributed by atoms with Gasteiger partial charge in [-0.3, -0.25) is 24.4 Å². The number of aromatic hydroxyl groups is 1. The summed E-state index contributed by atoms with van der Waals surface area (Å²) < 4.78 is 1.54. The Morgan fingerprint density at radius 2 is 2.03 bits per heavy atom. The van der Waals surface area contributed by atoms with Gasteiger partial charge in [0.05, 0.1) is 17.6 Å². The Hall–Kier alpha value is -3.11. The average Bonchev–Trinajstić information content (AvgIpc) is 3.39. The predicted molar refractivity (Wildman–Crippen MR) is 130 cm³/mol. The highest BCUT2D eigenvalue weighted by atomic mass is 35.5. The number of anilines is 1. The van der Waals surface area contributed by atoms with Crippen molar-refractivity contribution in [3.63, 3.8) is 0 Å². The molecule has 0 fully saturated rings. The lowest BCUT2D eigenvalue weighted by Crippen LogP contribution is -2.44. The molecule has 10 nitrogen and oxygen atoms in total. The highest BCUT2D eigenvalue weighted by Gasteiger charge is 2.24. The van der Waals surface area contributed by atoms with E-state index in [2.05, 4.69) is 30.9 Å². The molecule has 0 aliphatic carbocycles. The third kappa shape index (κ3) is 6.06. The quantitative estimate of drug-likeness (QED) is 0.308. The van der Waals surface area contributed by atoms with Crippen LogP contribution in [0.2, 0.25) is 0 Å². The maximum absolute atomic E-state index is 13.0. The summed E-state index contributed by atoms with van der Waals surface area (Å²) in [5.74, 6) is -0.985. The number of aromatic nitrogens is 5. The molecule has 0 aliphatic rings. The van der Waals surface area contributed by atoms with Crippen molar-refractivity contribution < 1.29 is 14.7 Å². The molecule has 3 aromatic rings. The SMILES string of the molecule is CCn1nccc1C(=O)N[C@@H](CCCC(Cl)Cl)C(=O)Nc1cnc(-c2c(C)n[nH]c2C)c(O)c1. The third-order valence-electron chi connectivity index (χ3n) is 5.29. The van der Waals surface area contributed by atoms with Gasteiger partial charge in [-0.15, -0.1) is 23.2 Å². The van der Waals surface area contributed by atoms with Gasteiger partial charge in [-0.25, -0.2) is 0 Å². The van der Waals surface area contributed by atoms with Crippen molar-refractivity contribution in [3.8, 4) is 17.0 Å². The van der Waals surface area contributed by atoms with Crippen molar-refractivity contribution in [2.75, 3.05) is 5.32 Å². The van der Waals surface area contributed by atoms with Crippen molar-refractivity contribution in [1.29, 1.82) is 0 Å². The molecule has 1 atom stereocenters. The van der Waals surface area contributed by atoms with Gasteiger partial charge in [-0.05, 0) is 46.1 Å². The van der Waals surface area contributed by atoms with E-state index in [-0.39, 0.29) is 11.4 Å². The van der Waals surface area contributed by atoms with Crippen LogP contribution in [0.4, 0.5) is 5.69 Å². The summed E-state index contributed by atoms with van der Waals surface area (Å²) in [4.78, 5) is 29.6. The number of halogens is 2. The van der Waals surface area contributed by atoms with E-state index in [1.807, 2.05) is 13.8 Å². The van der Waals surface area contributed by atoms with E-state index in [1.54, 1.807) is 17.7 Å². The molecule has 3 aromatic heterocycles. The first-order valence-corrected chi connectivity index (χ1v) is 11.7. The molecule has 0 saturated heterocycles. The lowest BCUT2D eigenvalue weighted by atomic mass is 10.1. The molecular weight excluding hydrogens is 481 g/mol. The minimum Gasteiger partial charge on any atom is -0.506 e. The zero-order chi connectivity index (χ0) is 24.8. The number of rotatable bonds is 10. The van der Waals surface area contributed by atoms with Gasteiger partial charge < -0.3 is 15.7 Å².